The summed E-state index contributed by atoms with van der Waals surface area (Å²) in [6.45, 7) is -0.0521. The number of hydrogen-bond donors (Lipinski definition) is 3. The highest BCUT2D eigenvalue weighted by atomic mass is 16.5. The van der Waals surface area contributed by atoms with E-state index in [0.717, 1.165) is 16.4 Å². The summed E-state index contributed by atoms with van der Waals surface area (Å²) in [5.41, 5.74) is 7.13. The SMILES string of the molecule is COc1cc2c(cc1NC(=O)C[NH+]=CN=C(N)C#N)oc1ccccc12. The van der Waals surface area contributed by atoms with Gasteiger partial charge in [0.2, 0.25) is 0 Å². The van der Waals surface area contributed by atoms with Crippen molar-refractivity contribution in [1.29, 1.82) is 5.26 Å². The second kappa shape index (κ2) is 7.36. The van der Waals surface area contributed by atoms with E-state index in [2.05, 4.69) is 15.3 Å². The highest BCUT2D eigenvalue weighted by Gasteiger charge is 2.14. The predicted molar refractivity (Wildman–Crippen MR) is 98.0 cm³/mol. The fourth-order valence-electron chi connectivity index (χ4n) is 2.49. The zero-order valence-electron chi connectivity index (χ0n) is 13.9. The number of furan rings is 1. The van der Waals surface area contributed by atoms with Gasteiger partial charge < -0.3 is 20.2 Å². The van der Waals surface area contributed by atoms with Crippen LogP contribution in [0.15, 0.2) is 45.8 Å². The molecule has 0 saturated carbocycles. The van der Waals surface area contributed by atoms with Gasteiger partial charge in [0.1, 0.15) is 16.9 Å². The molecule has 0 fully saturated rings. The maximum Gasteiger partial charge on any atom is 0.315 e. The highest BCUT2D eigenvalue weighted by Crippen LogP contribution is 2.36. The van der Waals surface area contributed by atoms with Gasteiger partial charge in [0.05, 0.1) is 12.8 Å². The smallest absolute Gasteiger partial charge is 0.315 e. The molecule has 26 heavy (non-hydrogen) atoms. The van der Waals surface area contributed by atoms with Crippen molar-refractivity contribution >= 4 is 45.7 Å². The summed E-state index contributed by atoms with van der Waals surface area (Å²) < 4.78 is 11.2. The Morgan fingerprint density at radius 1 is 1.38 bits per heavy atom. The Kier molecular flexibility index (Phi) is 4.80. The molecule has 0 unspecified atom stereocenters. The van der Waals surface area contributed by atoms with Crippen LogP contribution in [-0.4, -0.2) is 31.7 Å². The first kappa shape index (κ1) is 17.0. The van der Waals surface area contributed by atoms with Crippen molar-refractivity contribution in [2.75, 3.05) is 19.0 Å². The monoisotopic (exact) mass is 350 g/mol. The number of rotatable bonds is 5. The van der Waals surface area contributed by atoms with Crippen LogP contribution in [0.3, 0.4) is 0 Å². The van der Waals surface area contributed by atoms with E-state index in [-0.39, 0.29) is 18.3 Å². The number of benzene rings is 2. The zero-order chi connectivity index (χ0) is 18.5. The van der Waals surface area contributed by atoms with E-state index in [1.807, 2.05) is 30.3 Å². The fraction of sp³-hybridized carbons (Fsp3) is 0.111. The van der Waals surface area contributed by atoms with E-state index in [9.17, 15) is 4.79 Å². The molecule has 1 amide bonds. The molecule has 0 saturated heterocycles. The van der Waals surface area contributed by atoms with Crippen LogP contribution < -0.4 is 20.8 Å². The number of nitrogens with one attached hydrogen (secondary N) is 2. The van der Waals surface area contributed by atoms with E-state index in [4.69, 9.17) is 20.1 Å². The quantitative estimate of drug-likeness (QED) is 0.457. The second-order valence-electron chi connectivity index (χ2n) is 5.33. The Balaban J connectivity index is 1.84. The number of amides is 1. The van der Waals surface area contributed by atoms with Gasteiger partial charge in [-0.1, -0.05) is 18.2 Å². The minimum Gasteiger partial charge on any atom is -0.495 e. The molecule has 130 valence electrons. The Bertz CT molecular complexity index is 1080. The van der Waals surface area contributed by atoms with Crippen LogP contribution in [0.1, 0.15) is 0 Å². The summed E-state index contributed by atoms with van der Waals surface area (Å²) in [5, 5.41) is 13.1. The minimum absolute atomic E-state index is 0.0521. The number of fused-ring (bicyclic) bond motifs is 3. The number of nitriles is 1. The van der Waals surface area contributed by atoms with Gasteiger partial charge >= 0.3 is 5.84 Å². The van der Waals surface area contributed by atoms with E-state index in [0.29, 0.717) is 17.0 Å². The molecule has 0 radical (unpaired) electrons. The second-order valence-corrected chi connectivity index (χ2v) is 5.33. The Labute approximate surface area is 148 Å². The number of ether oxygens (including phenoxy) is 1. The largest absolute Gasteiger partial charge is 0.495 e. The lowest BCUT2D eigenvalue weighted by atomic mass is 10.1. The number of methoxy groups -OCH3 is 1. The molecule has 0 spiro atoms. The fourth-order valence-corrected chi connectivity index (χ4v) is 2.49. The molecule has 8 heteroatoms. The molecule has 0 aliphatic rings. The molecule has 4 N–H and O–H groups in total. The molecule has 0 atom stereocenters. The standard InChI is InChI=1S/C18H15N5O3/c1-25-16-6-12-11-4-2-3-5-14(11)26-15(12)7-13(16)23-18(24)9-21-10-22-17(20)8-19/h2-7,10H,9H2,1H3,(H,23,24)(H2,20,21,22)/p+1. The van der Waals surface area contributed by atoms with Crippen molar-refractivity contribution in [1.82, 2.24) is 0 Å². The lowest BCUT2D eigenvalue weighted by Gasteiger charge is -2.09. The first-order valence-corrected chi connectivity index (χ1v) is 7.70. The molecular weight excluding hydrogens is 334 g/mol. The third-order valence-electron chi connectivity index (χ3n) is 3.65. The molecule has 8 nitrogen and oxygen atoms in total. The van der Waals surface area contributed by atoms with E-state index < -0.39 is 0 Å². The van der Waals surface area contributed by atoms with Crippen LogP contribution in [0.4, 0.5) is 5.69 Å². The van der Waals surface area contributed by atoms with Gasteiger partial charge in [-0.15, -0.1) is 0 Å². The van der Waals surface area contributed by atoms with Gasteiger partial charge in [0, 0.05) is 16.8 Å². The molecule has 0 bridgehead atoms. The average molecular weight is 350 g/mol. The van der Waals surface area contributed by atoms with Crippen LogP contribution in [0, 0.1) is 11.3 Å². The number of hydrogen-bond acceptors (Lipinski definition) is 4. The van der Waals surface area contributed by atoms with Crippen LogP contribution in [0.25, 0.3) is 21.9 Å². The van der Waals surface area contributed by atoms with E-state index in [1.165, 1.54) is 13.4 Å². The maximum atomic E-state index is 12.1. The lowest BCUT2D eigenvalue weighted by molar-refractivity contribution is -0.438. The molecular formula is C18H16N5O3+. The van der Waals surface area contributed by atoms with Gasteiger partial charge in [0.15, 0.2) is 12.6 Å². The van der Waals surface area contributed by atoms with Crippen molar-refractivity contribution < 1.29 is 18.9 Å². The third-order valence-corrected chi connectivity index (χ3v) is 3.65. The third kappa shape index (κ3) is 3.47. The summed E-state index contributed by atoms with van der Waals surface area (Å²) in [6, 6.07) is 12.9. The van der Waals surface area contributed by atoms with Crippen molar-refractivity contribution in [2.24, 2.45) is 10.7 Å². The summed E-state index contributed by atoms with van der Waals surface area (Å²) >= 11 is 0. The summed E-state index contributed by atoms with van der Waals surface area (Å²) in [7, 11) is 1.53. The Hall–Kier alpha value is -3.86. The first-order chi connectivity index (χ1) is 12.6. The first-order valence-electron chi connectivity index (χ1n) is 7.70. The normalized spacial score (nSPS) is 11.8. The van der Waals surface area contributed by atoms with Gasteiger partial charge in [0.25, 0.3) is 12.2 Å². The average Bonchev–Trinajstić information content (AvgIpc) is 3.01. The molecule has 0 aliphatic heterocycles. The van der Waals surface area contributed by atoms with Crippen molar-refractivity contribution in [3.8, 4) is 11.8 Å². The van der Waals surface area contributed by atoms with Gasteiger partial charge in [-0.05, 0) is 17.1 Å². The van der Waals surface area contributed by atoms with Crippen LogP contribution >= 0.6 is 0 Å². The van der Waals surface area contributed by atoms with Crippen molar-refractivity contribution in [3.63, 3.8) is 0 Å². The topological polar surface area (TPSA) is 128 Å². The maximum absolute atomic E-state index is 12.1. The number of carbonyl (C=O) groups excluding carboxylic acids is 1. The van der Waals surface area contributed by atoms with Gasteiger partial charge in [-0.25, -0.2) is 0 Å². The number of carbonyl (C=O) groups is 1. The van der Waals surface area contributed by atoms with Crippen LogP contribution in [0.5, 0.6) is 5.75 Å². The van der Waals surface area contributed by atoms with E-state index in [1.54, 1.807) is 12.1 Å². The zero-order valence-corrected chi connectivity index (χ0v) is 13.9. The molecule has 2 aromatic carbocycles. The predicted octanol–water partition coefficient (Wildman–Crippen LogP) is 0.523. The molecule has 0 aliphatic carbocycles. The number of anilines is 1. The number of aliphatic imine (C=N–C) groups is 1. The lowest BCUT2D eigenvalue weighted by Crippen LogP contribution is -2.71. The van der Waals surface area contributed by atoms with Crippen LogP contribution in [0.2, 0.25) is 0 Å². The van der Waals surface area contributed by atoms with Crippen LogP contribution in [-0.2, 0) is 4.79 Å². The Morgan fingerprint density at radius 2 is 2.19 bits per heavy atom. The van der Waals surface area contributed by atoms with Crippen molar-refractivity contribution in [2.45, 2.75) is 0 Å². The molecule has 3 aromatic rings. The van der Waals surface area contributed by atoms with Crippen molar-refractivity contribution in [3.05, 3.63) is 36.4 Å². The minimum atomic E-state index is -0.319. The van der Waals surface area contributed by atoms with E-state index >= 15 is 0 Å². The highest BCUT2D eigenvalue weighted by molar-refractivity contribution is 6.07. The summed E-state index contributed by atoms with van der Waals surface area (Å²) in [6.07, 6.45) is 1.19. The number of amidine groups is 1. The molecule has 1 aromatic heterocycles. The van der Waals surface area contributed by atoms with Gasteiger partial charge in [-0.3, -0.25) is 9.79 Å². The summed E-state index contributed by atoms with van der Waals surface area (Å²) in [4.78, 5) is 18.3. The summed E-state index contributed by atoms with van der Waals surface area (Å²) in [5.74, 6) is 0.00350. The Morgan fingerprint density at radius 3 is 2.96 bits per heavy atom. The molecule has 3 rings (SSSR count). The number of para-hydroxylation sites is 1. The molecule has 1 heterocycles. The number of nitrogens with two attached hydrogens (primary N) is 1. The van der Waals surface area contributed by atoms with Gasteiger partial charge in [-0.2, -0.15) is 5.26 Å². The number of nitrogens with zero attached hydrogens (tertiary/aromatic N) is 2.